The molecule has 1 aliphatic heterocycles. The van der Waals surface area contributed by atoms with Gasteiger partial charge in [0.25, 0.3) is 0 Å². The third-order valence-electron chi connectivity index (χ3n) is 7.10. The zero-order valence-corrected chi connectivity index (χ0v) is 18.1. The zero-order chi connectivity index (χ0) is 22.9. The van der Waals surface area contributed by atoms with Gasteiger partial charge in [-0.2, -0.15) is 0 Å². The van der Waals surface area contributed by atoms with Gasteiger partial charge in [-0.25, -0.2) is 14.4 Å². The third kappa shape index (κ3) is 2.68. The maximum absolute atomic E-state index is 14.3. The smallest absolute Gasteiger partial charge is 0.237 e. The zero-order valence-electron chi connectivity index (χ0n) is 18.1. The SMILES string of the molecule is O=C1Nc2ncccc2C12Cc1cc3nc(-c4cccc(-c5ccccc5F)c4)[nH]c3cc1C2. The minimum atomic E-state index is -0.596. The van der Waals surface area contributed by atoms with Gasteiger partial charge in [-0.15, -0.1) is 0 Å². The molecule has 0 saturated heterocycles. The van der Waals surface area contributed by atoms with Crippen molar-refractivity contribution in [3.63, 3.8) is 0 Å². The Balaban J connectivity index is 1.27. The highest BCUT2D eigenvalue weighted by Crippen LogP contribution is 2.47. The van der Waals surface area contributed by atoms with E-state index in [2.05, 4.69) is 27.4 Å². The molecule has 5 nitrogen and oxygen atoms in total. The molecule has 0 bridgehead atoms. The van der Waals surface area contributed by atoms with Crippen molar-refractivity contribution in [2.45, 2.75) is 18.3 Å². The first kappa shape index (κ1) is 19.2. The molecule has 5 aromatic rings. The van der Waals surface area contributed by atoms with E-state index in [4.69, 9.17) is 4.98 Å². The number of amides is 1. The summed E-state index contributed by atoms with van der Waals surface area (Å²) in [6, 6.07) is 22.6. The second-order valence-electron chi connectivity index (χ2n) is 9.07. The summed E-state index contributed by atoms with van der Waals surface area (Å²) in [7, 11) is 0. The van der Waals surface area contributed by atoms with Crippen molar-refractivity contribution in [1.82, 2.24) is 15.0 Å². The summed E-state index contributed by atoms with van der Waals surface area (Å²) >= 11 is 0. The molecule has 3 aromatic carbocycles. The molecule has 1 spiro atoms. The second-order valence-corrected chi connectivity index (χ2v) is 9.07. The number of nitrogens with one attached hydrogen (secondary N) is 2. The Hall–Kier alpha value is -4.32. The van der Waals surface area contributed by atoms with Crippen LogP contribution in [0.4, 0.5) is 10.2 Å². The number of imidazole rings is 1. The van der Waals surface area contributed by atoms with E-state index < -0.39 is 5.41 Å². The van der Waals surface area contributed by atoms with Crippen molar-refractivity contribution in [3.05, 3.63) is 102 Å². The summed E-state index contributed by atoms with van der Waals surface area (Å²) in [5, 5.41) is 2.95. The van der Waals surface area contributed by atoms with E-state index in [0.29, 0.717) is 24.2 Å². The molecule has 0 radical (unpaired) electrons. The highest BCUT2D eigenvalue weighted by molar-refractivity contribution is 6.06. The van der Waals surface area contributed by atoms with E-state index in [1.165, 1.54) is 6.07 Å². The van der Waals surface area contributed by atoms with Crippen molar-refractivity contribution in [2.24, 2.45) is 0 Å². The lowest BCUT2D eigenvalue weighted by atomic mass is 9.79. The van der Waals surface area contributed by atoms with Gasteiger partial charge in [0, 0.05) is 22.9 Å². The molecule has 7 rings (SSSR count). The Morgan fingerprint density at radius 2 is 1.71 bits per heavy atom. The number of halogens is 1. The number of pyridine rings is 1. The van der Waals surface area contributed by atoms with E-state index in [1.807, 2.05) is 42.5 Å². The summed E-state index contributed by atoms with van der Waals surface area (Å²) < 4.78 is 14.3. The minimum absolute atomic E-state index is 0.0136. The first-order valence-corrected chi connectivity index (χ1v) is 11.2. The van der Waals surface area contributed by atoms with E-state index >= 15 is 0 Å². The maximum atomic E-state index is 14.3. The minimum Gasteiger partial charge on any atom is -0.338 e. The van der Waals surface area contributed by atoms with E-state index in [-0.39, 0.29) is 11.7 Å². The predicted octanol–water partition coefficient (Wildman–Crippen LogP) is 5.42. The fraction of sp³-hybridized carbons (Fsp3) is 0.107. The van der Waals surface area contributed by atoms with E-state index in [9.17, 15) is 9.18 Å². The van der Waals surface area contributed by atoms with Crippen molar-refractivity contribution < 1.29 is 9.18 Å². The first-order chi connectivity index (χ1) is 16.6. The van der Waals surface area contributed by atoms with Crippen LogP contribution in [0.25, 0.3) is 33.5 Å². The van der Waals surface area contributed by atoms with Crippen molar-refractivity contribution in [1.29, 1.82) is 0 Å². The topological polar surface area (TPSA) is 70.7 Å². The van der Waals surface area contributed by atoms with Gasteiger partial charge >= 0.3 is 0 Å². The number of anilines is 1. The standard InChI is InChI=1S/C28H19FN4O/c29-22-9-2-1-7-20(22)16-5-3-6-17(11-16)25-31-23-12-18-14-28(15-19(18)13-24(23)32-25)21-8-4-10-30-26(21)33-27(28)34/h1-13H,14-15H2,(H,31,32)(H,30,33,34). The molecular weight excluding hydrogens is 427 g/mol. The average molecular weight is 446 g/mol. The molecule has 2 N–H and O–H groups in total. The molecule has 2 aromatic heterocycles. The quantitative estimate of drug-likeness (QED) is 0.380. The molecule has 1 amide bonds. The van der Waals surface area contributed by atoms with Crippen LogP contribution in [-0.2, 0) is 23.1 Å². The van der Waals surface area contributed by atoms with Crippen LogP contribution in [0, 0.1) is 5.82 Å². The molecule has 0 fully saturated rings. The number of benzene rings is 3. The Kier molecular flexibility index (Phi) is 3.86. The van der Waals surface area contributed by atoms with Crippen molar-refractivity contribution in [3.8, 4) is 22.5 Å². The summed E-state index contributed by atoms with van der Waals surface area (Å²) in [5.74, 6) is 1.17. The van der Waals surface area contributed by atoms with E-state index in [0.717, 1.165) is 44.7 Å². The van der Waals surface area contributed by atoms with Crippen LogP contribution in [0.1, 0.15) is 16.7 Å². The molecule has 3 heterocycles. The number of carbonyl (C=O) groups excluding carboxylic acids is 1. The monoisotopic (exact) mass is 446 g/mol. The fourth-order valence-corrected chi connectivity index (χ4v) is 5.44. The van der Waals surface area contributed by atoms with Gasteiger partial charge in [0.15, 0.2) is 0 Å². The van der Waals surface area contributed by atoms with Crippen LogP contribution in [0.2, 0.25) is 0 Å². The molecule has 164 valence electrons. The number of nitrogens with zero attached hydrogens (tertiary/aromatic N) is 2. The van der Waals surface area contributed by atoms with Crippen LogP contribution in [0.3, 0.4) is 0 Å². The number of aromatic nitrogens is 3. The predicted molar refractivity (Wildman–Crippen MR) is 129 cm³/mol. The van der Waals surface area contributed by atoms with Crippen LogP contribution in [-0.4, -0.2) is 20.9 Å². The summed E-state index contributed by atoms with van der Waals surface area (Å²) in [6.07, 6.45) is 2.98. The normalized spacial score (nSPS) is 15.5. The number of rotatable bonds is 2. The van der Waals surface area contributed by atoms with Crippen LogP contribution in [0.15, 0.2) is 79.0 Å². The van der Waals surface area contributed by atoms with Gasteiger partial charge in [0.1, 0.15) is 17.5 Å². The Morgan fingerprint density at radius 1 is 0.882 bits per heavy atom. The molecule has 6 heteroatoms. The van der Waals surface area contributed by atoms with Gasteiger partial charge in [-0.1, -0.05) is 42.5 Å². The lowest BCUT2D eigenvalue weighted by Crippen LogP contribution is -2.35. The van der Waals surface area contributed by atoms with Crippen LogP contribution in [0.5, 0.6) is 0 Å². The van der Waals surface area contributed by atoms with Crippen LogP contribution < -0.4 is 5.32 Å². The van der Waals surface area contributed by atoms with Gasteiger partial charge in [0.2, 0.25) is 5.91 Å². The third-order valence-corrected chi connectivity index (χ3v) is 7.10. The lowest BCUT2D eigenvalue weighted by molar-refractivity contribution is -0.120. The number of carbonyl (C=O) groups is 1. The van der Waals surface area contributed by atoms with E-state index in [1.54, 1.807) is 18.3 Å². The molecular formula is C28H19FN4O. The highest BCUT2D eigenvalue weighted by Gasteiger charge is 2.51. The van der Waals surface area contributed by atoms with Crippen LogP contribution >= 0.6 is 0 Å². The number of H-pyrrole nitrogens is 1. The second kappa shape index (κ2) is 6.84. The van der Waals surface area contributed by atoms with Crippen molar-refractivity contribution >= 4 is 22.8 Å². The Labute approximate surface area is 194 Å². The number of aromatic amines is 1. The maximum Gasteiger partial charge on any atom is 0.237 e. The molecule has 1 atom stereocenters. The highest BCUT2D eigenvalue weighted by atomic mass is 19.1. The number of hydrogen-bond donors (Lipinski definition) is 2. The number of fused-ring (bicyclic) bond motifs is 4. The summed E-state index contributed by atoms with van der Waals surface area (Å²) in [4.78, 5) is 25.6. The molecule has 1 unspecified atom stereocenters. The van der Waals surface area contributed by atoms with Gasteiger partial charge in [0.05, 0.1) is 16.4 Å². The molecule has 2 aliphatic rings. The fourth-order valence-electron chi connectivity index (χ4n) is 5.44. The lowest BCUT2D eigenvalue weighted by Gasteiger charge is -2.20. The largest absolute Gasteiger partial charge is 0.338 e. The summed E-state index contributed by atoms with van der Waals surface area (Å²) in [6.45, 7) is 0. The summed E-state index contributed by atoms with van der Waals surface area (Å²) in [5.41, 5.74) is 6.70. The first-order valence-electron chi connectivity index (χ1n) is 11.2. The Bertz CT molecular complexity index is 1590. The van der Waals surface area contributed by atoms with Crippen molar-refractivity contribution in [2.75, 3.05) is 5.32 Å². The van der Waals surface area contributed by atoms with Gasteiger partial charge in [-0.05, 0) is 59.9 Å². The number of hydrogen-bond acceptors (Lipinski definition) is 3. The van der Waals surface area contributed by atoms with Gasteiger partial charge in [-0.3, -0.25) is 4.79 Å². The molecule has 1 aliphatic carbocycles. The molecule has 0 saturated carbocycles. The average Bonchev–Trinajstić information content (AvgIpc) is 3.51. The molecule has 34 heavy (non-hydrogen) atoms. The Morgan fingerprint density at radius 3 is 2.59 bits per heavy atom. The van der Waals surface area contributed by atoms with Gasteiger partial charge < -0.3 is 10.3 Å².